The highest BCUT2D eigenvalue weighted by molar-refractivity contribution is 5.50. The van der Waals surface area contributed by atoms with Crippen LogP contribution in [0.15, 0.2) is 12.1 Å². The number of aromatic nitrogens is 3. The van der Waals surface area contributed by atoms with Gasteiger partial charge in [-0.15, -0.1) is 5.10 Å². The molecule has 90 valence electrons. The van der Waals surface area contributed by atoms with E-state index in [-0.39, 0.29) is 17.4 Å². The van der Waals surface area contributed by atoms with Crippen molar-refractivity contribution >= 4 is 11.5 Å². The second-order valence-corrected chi connectivity index (χ2v) is 4.18. The van der Waals surface area contributed by atoms with Crippen molar-refractivity contribution in [2.24, 2.45) is 0 Å². The van der Waals surface area contributed by atoms with Crippen LogP contribution in [-0.2, 0) is 6.18 Å². The van der Waals surface area contributed by atoms with Crippen LogP contribution in [0, 0.1) is 0 Å². The lowest BCUT2D eigenvalue weighted by Crippen LogP contribution is -2.14. The quantitative estimate of drug-likeness (QED) is 0.834. The average molecular weight is 242 g/mol. The van der Waals surface area contributed by atoms with E-state index in [1.165, 1.54) is 6.07 Å². The SMILES string of the molecule is Nc1cc2nc(C3CC3)cc(C(F)(F)F)n2n1. The summed E-state index contributed by atoms with van der Waals surface area (Å²) in [5, 5.41) is 3.61. The van der Waals surface area contributed by atoms with Crippen LogP contribution < -0.4 is 5.73 Å². The van der Waals surface area contributed by atoms with Crippen molar-refractivity contribution in [1.82, 2.24) is 14.6 Å². The first-order valence-corrected chi connectivity index (χ1v) is 5.18. The average Bonchev–Trinajstić information content (AvgIpc) is 2.97. The molecule has 0 unspecified atom stereocenters. The molecule has 2 aromatic rings. The zero-order valence-corrected chi connectivity index (χ0v) is 8.70. The number of nitrogens with two attached hydrogens (primary N) is 1. The number of nitrogen functional groups attached to an aromatic ring is 1. The number of fused-ring (bicyclic) bond motifs is 1. The van der Waals surface area contributed by atoms with Gasteiger partial charge in [-0.2, -0.15) is 13.2 Å². The van der Waals surface area contributed by atoms with Crippen LogP contribution in [0.4, 0.5) is 19.0 Å². The molecule has 1 saturated carbocycles. The first-order chi connectivity index (χ1) is 7.95. The lowest BCUT2D eigenvalue weighted by molar-refractivity contribution is -0.142. The van der Waals surface area contributed by atoms with E-state index >= 15 is 0 Å². The summed E-state index contributed by atoms with van der Waals surface area (Å²) in [5.74, 6) is 0.188. The van der Waals surface area contributed by atoms with Crippen molar-refractivity contribution in [3.05, 3.63) is 23.5 Å². The normalized spacial score (nSPS) is 16.6. The van der Waals surface area contributed by atoms with Crippen LogP contribution in [0.5, 0.6) is 0 Å². The zero-order chi connectivity index (χ0) is 12.2. The zero-order valence-electron chi connectivity index (χ0n) is 8.70. The molecule has 0 atom stereocenters. The van der Waals surface area contributed by atoms with Crippen molar-refractivity contribution in [3.63, 3.8) is 0 Å². The van der Waals surface area contributed by atoms with E-state index in [4.69, 9.17) is 5.73 Å². The Balaban J connectivity index is 2.28. The van der Waals surface area contributed by atoms with Crippen molar-refractivity contribution in [1.29, 1.82) is 0 Å². The summed E-state index contributed by atoms with van der Waals surface area (Å²) < 4.78 is 39.3. The van der Waals surface area contributed by atoms with Gasteiger partial charge in [0.25, 0.3) is 0 Å². The summed E-state index contributed by atoms with van der Waals surface area (Å²) in [6, 6.07) is 2.41. The summed E-state index contributed by atoms with van der Waals surface area (Å²) in [6.07, 6.45) is -2.67. The highest BCUT2D eigenvalue weighted by Crippen LogP contribution is 2.41. The largest absolute Gasteiger partial charge is 0.433 e. The molecular weight excluding hydrogens is 233 g/mol. The number of alkyl halides is 3. The molecule has 7 heteroatoms. The monoisotopic (exact) mass is 242 g/mol. The van der Waals surface area contributed by atoms with E-state index in [9.17, 15) is 13.2 Å². The summed E-state index contributed by atoms with van der Waals surface area (Å²) in [5.41, 5.74) is 5.22. The number of halogens is 3. The minimum absolute atomic E-state index is 0.0379. The van der Waals surface area contributed by atoms with Gasteiger partial charge in [0, 0.05) is 17.7 Å². The first-order valence-electron chi connectivity index (χ1n) is 5.18. The molecule has 2 aromatic heterocycles. The molecule has 0 aliphatic heterocycles. The summed E-state index contributed by atoms with van der Waals surface area (Å²) >= 11 is 0. The van der Waals surface area contributed by atoms with E-state index in [1.54, 1.807) is 0 Å². The molecule has 0 saturated heterocycles. The lowest BCUT2D eigenvalue weighted by atomic mass is 10.2. The number of rotatable bonds is 1. The van der Waals surface area contributed by atoms with E-state index in [0.717, 1.165) is 23.4 Å². The van der Waals surface area contributed by atoms with Crippen molar-refractivity contribution in [3.8, 4) is 0 Å². The van der Waals surface area contributed by atoms with E-state index in [2.05, 4.69) is 10.1 Å². The van der Waals surface area contributed by atoms with Gasteiger partial charge >= 0.3 is 6.18 Å². The third-order valence-electron chi connectivity index (χ3n) is 2.75. The second-order valence-electron chi connectivity index (χ2n) is 4.18. The number of hydrogen-bond acceptors (Lipinski definition) is 3. The Hall–Kier alpha value is -1.79. The maximum absolute atomic E-state index is 12.9. The lowest BCUT2D eigenvalue weighted by Gasteiger charge is -2.10. The molecule has 0 amide bonds. The Morgan fingerprint density at radius 2 is 2.00 bits per heavy atom. The van der Waals surface area contributed by atoms with Gasteiger partial charge in [0.05, 0.1) is 0 Å². The Kier molecular flexibility index (Phi) is 1.90. The summed E-state index contributed by atoms with van der Waals surface area (Å²) in [4.78, 5) is 4.15. The molecule has 1 aliphatic carbocycles. The Bertz CT molecular complexity index is 583. The number of hydrogen-bond donors (Lipinski definition) is 1. The Morgan fingerprint density at radius 1 is 1.29 bits per heavy atom. The van der Waals surface area contributed by atoms with Crippen molar-refractivity contribution < 1.29 is 13.2 Å². The van der Waals surface area contributed by atoms with Crippen LogP contribution in [0.3, 0.4) is 0 Å². The summed E-state index contributed by atoms with van der Waals surface area (Å²) in [6.45, 7) is 0. The molecule has 0 radical (unpaired) electrons. The molecule has 4 nitrogen and oxygen atoms in total. The molecule has 1 fully saturated rings. The Morgan fingerprint density at radius 3 is 2.59 bits per heavy atom. The van der Waals surface area contributed by atoms with Gasteiger partial charge in [-0.25, -0.2) is 9.50 Å². The molecule has 0 aromatic carbocycles. The third kappa shape index (κ3) is 1.71. The molecule has 0 bridgehead atoms. The smallest absolute Gasteiger partial charge is 0.382 e. The van der Waals surface area contributed by atoms with Crippen LogP contribution in [0.25, 0.3) is 5.65 Å². The van der Waals surface area contributed by atoms with Gasteiger partial charge in [0.15, 0.2) is 5.65 Å². The van der Waals surface area contributed by atoms with Crippen molar-refractivity contribution in [2.75, 3.05) is 5.73 Å². The maximum atomic E-state index is 12.9. The molecule has 17 heavy (non-hydrogen) atoms. The van der Waals surface area contributed by atoms with E-state index in [1.807, 2.05) is 0 Å². The molecule has 2 heterocycles. The minimum atomic E-state index is -4.46. The molecule has 3 rings (SSSR count). The minimum Gasteiger partial charge on any atom is -0.382 e. The van der Waals surface area contributed by atoms with Gasteiger partial charge in [-0.1, -0.05) is 0 Å². The van der Waals surface area contributed by atoms with Gasteiger partial charge in [0.1, 0.15) is 11.5 Å². The standard InChI is InChI=1S/C10H9F3N4/c11-10(12,13)7-3-6(5-1-2-5)15-9-4-8(14)16-17(7)9/h3-5H,1-2H2,(H2,14,16). The number of anilines is 1. The second kappa shape index (κ2) is 3.12. The van der Waals surface area contributed by atoms with Crippen LogP contribution in [0.2, 0.25) is 0 Å². The van der Waals surface area contributed by atoms with Crippen molar-refractivity contribution in [2.45, 2.75) is 24.9 Å². The molecule has 0 spiro atoms. The van der Waals surface area contributed by atoms with Gasteiger partial charge in [0.2, 0.25) is 0 Å². The van der Waals surface area contributed by atoms with Gasteiger partial charge < -0.3 is 5.73 Å². The first kappa shape index (κ1) is 10.4. The van der Waals surface area contributed by atoms with Crippen LogP contribution in [0.1, 0.15) is 30.1 Å². The maximum Gasteiger partial charge on any atom is 0.433 e. The third-order valence-corrected chi connectivity index (χ3v) is 2.75. The summed E-state index contributed by atoms with van der Waals surface area (Å²) in [7, 11) is 0. The predicted octanol–water partition coefficient (Wildman–Crippen LogP) is 2.21. The highest BCUT2D eigenvalue weighted by Gasteiger charge is 2.37. The molecular formula is C10H9F3N4. The predicted molar refractivity (Wildman–Crippen MR) is 54.4 cm³/mol. The Labute approximate surface area is 94.2 Å². The van der Waals surface area contributed by atoms with Gasteiger partial charge in [-0.05, 0) is 18.9 Å². The molecule has 2 N–H and O–H groups in total. The fourth-order valence-electron chi connectivity index (χ4n) is 1.80. The van der Waals surface area contributed by atoms with Crippen LogP contribution in [-0.4, -0.2) is 14.6 Å². The van der Waals surface area contributed by atoms with E-state index < -0.39 is 11.9 Å². The molecule has 1 aliphatic rings. The van der Waals surface area contributed by atoms with E-state index in [0.29, 0.717) is 5.69 Å². The highest BCUT2D eigenvalue weighted by atomic mass is 19.4. The number of nitrogens with zero attached hydrogens (tertiary/aromatic N) is 3. The van der Waals surface area contributed by atoms with Gasteiger partial charge in [-0.3, -0.25) is 0 Å². The fourth-order valence-corrected chi connectivity index (χ4v) is 1.80. The fraction of sp³-hybridized carbons (Fsp3) is 0.400. The van der Waals surface area contributed by atoms with Crippen LogP contribution >= 0.6 is 0 Å². The topological polar surface area (TPSA) is 56.2 Å².